The normalized spacial score (nSPS) is 10.2. The highest BCUT2D eigenvalue weighted by atomic mass is 79.9. The summed E-state index contributed by atoms with van der Waals surface area (Å²) in [5.74, 6) is 0.508. The second-order valence-corrected chi connectivity index (χ2v) is 6.24. The third-order valence-electron chi connectivity index (χ3n) is 3.78. The molecule has 0 unspecified atom stereocenters. The summed E-state index contributed by atoms with van der Waals surface area (Å²) in [6, 6.07) is 10.4. The van der Waals surface area contributed by atoms with Gasteiger partial charge >= 0.3 is 5.97 Å². The van der Waals surface area contributed by atoms with Gasteiger partial charge in [-0.1, -0.05) is 28.1 Å². The molecular formula is C19H20BrNO5. The van der Waals surface area contributed by atoms with Gasteiger partial charge in [0.1, 0.15) is 0 Å². The lowest BCUT2D eigenvalue weighted by Gasteiger charge is -2.12. The molecule has 0 saturated heterocycles. The van der Waals surface area contributed by atoms with E-state index in [1.165, 1.54) is 7.11 Å². The lowest BCUT2D eigenvalue weighted by Crippen LogP contribution is -2.15. The maximum Gasteiger partial charge on any atom is 0.339 e. The van der Waals surface area contributed by atoms with Gasteiger partial charge in [-0.15, -0.1) is 0 Å². The van der Waals surface area contributed by atoms with Gasteiger partial charge < -0.3 is 19.5 Å². The lowest BCUT2D eigenvalue weighted by atomic mass is 10.1. The Hall–Kier alpha value is -2.54. The quantitative estimate of drug-likeness (QED) is 0.687. The fourth-order valence-electron chi connectivity index (χ4n) is 2.43. The average molecular weight is 422 g/mol. The molecule has 0 aliphatic carbocycles. The first-order valence-electron chi connectivity index (χ1n) is 7.87. The summed E-state index contributed by atoms with van der Waals surface area (Å²) in [6.45, 7) is 0. The maximum absolute atomic E-state index is 12.3. The highest BCUT2D eigenvalue weighted by Crippen LogP contribution is 2.33. The van der Waals surface area contributed by atoms with Gasteiger partial charge in [0.05, 0.1) is 32.6 Å². The van der Waals surface area contributed by atoms with E-state index in [9.17, 15) is 9.59 Å². The van der Waals surface area contributed by atoms with Gasteiger partial charge in [-0.3, -0.25) is 4.79 Å². The Morgan fingerprint density at radius 1 is 1.04 bits per heavy atom. The average Bonchev–Trinajstić information content (AvgIpc) is 2.66. The van der Waals surface area contributed by atoms with E-state index in [0.29, 0.717) is 29.2 Å². The van der Waals surface area contributed by atoms with Crippen LogP contribution in [0.1, 0.15) is 22.3 Å². The van der Waals surface area contributed by atoms with Crippen LogP contribution in [-0.4, -0.2) is 33.2 Å². The Kier molecular flexibility index (Phi) is 7.03. The van der Waals surface area contributed by atoms with Crippen molar-refractivity contribution in [2.75, 3.05) is 26.6 Å². The van der Waals surface area contributed by atoms with Crippen LogP contribution in [0.5, 0.6) is 11.5 Å². The summed E-state index contributed by atoms with van der Waals surface area (Å²) in [6.07, 6.45) is 0.733. The largest absolute Gasteiger partial charge is 0.493 e. The van der Waals surface area contributed by atoms with Crippen LogP contribution in [0.4, 0.5) is 5.69 Å². The van der Waals surface area contributed by atoms with Crippen LogP contribution in [0.25, 0.3) is 0 Å². The number of esters is 1. The Morgan fingerprint density at radius 2 is 1.69 bits per heavy atom. The first-order chi connectivity index (χ1) is 12.5. The van der Waals surface area contributed by atoms with Crippen molar-refractivity contribution in [1.29, 1.82) is 0 Å². The number of hydrogen-bond donors (Lipinski definition) is 1. The Bertz CT molecular complexity index is 807. The molecule has 26 heavy (non-hydrogen) atoms. The molecule has 0 radical (unpaired) electrons. The van der Waals surface area contributed by atoms with Crippen molar-refractivity contribution in [2.24, 2.45) is 0 Å². The lowest BCUT2D eigenvalue weighted by molar-refractivity contribution is -0.116. The molecule has 0 saturated carbocycles. The zero-order valence-electron chi connectivity index (χ0n) is 14.8. The topological polar surface area (TPSA) is 73.9 Å². The summed E-state index contributed by atoms with van der Waals surface area (Å²) in [7, 11) is 4.43. The molecule has 7 heteroatoms. The van der Waals surface area contributed by atoms with Gasteiger partial charge in [0.15, 0.2) is 11.5 Å². The fourth-order valence-corrected chi connectivity index (χ4v) is 2.95. The summed E-state index contributed by atoms with van der Waals surface area (Å²) < 4.78 is 16.1. The van der Waals surface area contributed by atoms with Crippen molar-refractivity contribution >= 4 is 33.5 Å². The molecule has 138 valence electrons. The zero-order valence-corrected chi connectivity index (χ0v) is 16.4. The number of ether oxygens (including phenoxy) is 3. The highest BCUT2D eigenvalue weighted by molar-refractivity contribution is 9.10. The van der Waals surface area contributed by atoms with Crippen LogP contribution < -0.4 is 14.8 Å². The molecule has 2 rings (SSSR count). The molecule has 0 aromatic heterocycles. The minimum absolute atomic E-state index is 0.206. The Balaban J connectivity index is 2.07. The van der Waals surface area contributed by atoms with Gasteiger partial charge in [-0.25, -0.2) is 4.79 Å². The summed E-state index contributed by atoms with van der Waals surface area (Å²) in [4.78, 5) is 24.1. The maximum atomic E-state index is 12.3. The standard InChI is InChI=1S/C19H20BrNO5/c1-24-16-10-12(14(20)11-17(16)25-2)8-9-18(22)21-15-7-5-4-6-13(15)19(23)26-3/h4-7,10-11H,8-9H2,1-3H3,(H,21,22). The van der Waals surface area contributed by atoms with Crippen LogP contribution in [-0.2, 0) is 16.0 Å². The van der Waals surface area contributed by atoms with Crippen LogP contribution in [0, 0.1) is 0 Å². The molecule has 6 nitrogen and oxygen atoms in total. The molecule has 0 atom stereocenters. The van der Waals surface area contributed by atoms with Gasteiger partial charge in [0, 0.05) is 10.9 Å². The molecule has 0 aliphatic heterocycles. The predicted molar refractivity (Wildman–Crippen MR) is 102 cm³/mol. The van der Waals surface area contributed by atoms with E-state index in [-0.39, 0.29) is 12.3 Å². The summed E-state index contributed by atoms with van der Waals surface area (Å²) >= 11 is 3.48. The molecule has 2 aromatic carbocycles. The van der Waals surface area contributed by atoms with Crippen molar-refractivity contribution in [2.45, 2.75) is 12.8 Å². The smallest absolute Gasteiger partial charge is 0.339 e. The van der Waals surface area contributed by atoms with E-state index in [0.717, 1.165) is 10.0 Å². The minimum atomic E-state index is -0.497. The number of aryl methyl sites for hydroxylation is 1. The molecule has 0 spiro atoms. The van der Waals surface area contributed by atoms with E-state index < -0.39 is 5.97 Å². The number of halogens is 1. The van der Waals surface area contributed by atoms with Gasteiger partial charge in [0.2, 0.25) is 5.91 Å². The highest BCUT2D eigenvalue weighted by Gasteiger charge is 2.14. The third-order valence-corrected chi connectivity index (χ3v) is 4.52. The number of hydrogen-bond acceptors (Lipinski definition) is 5. The minimum Gasteiger partial charge on any atom is -0.493 e. The van der Waals surface area contributed by atoms with Crippen LogP contribution in [0.3, 0.4) is 0 Å². The zero-order chi connectivity index (χ0) is 19.1. The molecule has 0 aliphatic rings. The molecule has 0 bridgehead atoms. The number of carbonyl (C=O) groups is 2. The third kappa shape index (κ3) is 4.76. The van der Waals surface area contributed by atoms with Crippen molar-refractivity contribution < 1.29 is 23.8 Å². The number of amides is 1. The Labute approximate surface area is 160 Å². The second kappa shape index (κ2) is 9.24. The monoisotopic (exact) mass is 421 g/mol. The molecular weight excluding hydrogens is 402 g/mol. The Morgan fingerprint density at radius 3 is 2.35 bits per heavy atom. The molecule has 1 N–H and O–H groups in total. The van der Waals surface area contributed by atoms with Crippen LogP contribution >= 0.6 is 15.9 Å². The van der Waals surface area contributed by atoms with Crippen LogP contribution in [0.15, 0.2) is 40.9 Å². The van der Waals surface area contributed by atoms with Gasteiger partial charge in [-0.05, 0) is 36.2 Å². The van der Waals surface area contributed by atoms with Crippen molar-refractivity contribution in [3.63, 3.8) is 0 Å². The van der Waals surface area contributed by atoms with Gasteiger partial charge in [0.25, 0.3) is 0 Å². The second-order valence-electron chi connectivity index (χ2n) is 5.38. The number of carbonyl (C=O) groups excluding carboxylic acids is 2. The molecule has 0 heterocycles. The van der Waals surface area contributed by atoms with E-state index >= 15 is 0 Å². The molecule has 0 fully saturated rings. The first-order valence-corrected chi connectivity index (χ1v) is 8.67. The number of para-hydroxylation sites is 1. The summed E-state index contributed by atoms with van der Waals surface area (Å²) in [5, 5.41) is 2.76. The van der Waals surface area contributed by atoms with Gasteiger partial charge in [-0.2, -0.15) is 0 Å². The van der Waals surface area contributed by atoms with Crippen LogP contribution in [0.2, 0.25) is 0 Å². The summed E-state index contributed by atoms with van der Waals surface area (Å²) in [5.41, 5.74) is 1.66. The number of anilines is 1. The predicted octanol–water partition coefficient (Wildman–Crippen LogP) is 3.82. The van der Waals surface area contributed by atoms with Crippen molar-refractivity contribution in [1.82, 2.24) is 0 Å². The van der Waals surface area contributed by atoms with E-state index in [1.54, 1.807) is 44.6 Å². The molecule has 1 amide bonds. The van der Waals surface area contributed by atoms with Crippen molar-refractivity contribution in [3.8, 4) is 11.5 Å². The van der Waals surface area contributed by atoms with E-state index in [2.05, 4.69) is 21.2 Å². The van der Waals surface area contributed by atoms with E-state index in [4.69, 9.17) is 14.2 Å². The van der Waals surface area contributed by atoms with Crippen molar-refractivity contribution in [3.05, 3.63) is 52.0 Å². The number of rotatable bonds is 7. The van der Waals surface area contributed by atoms with E-state index in [1.807, 2.05) is 6.07 Å². The fraction of sp³-hybridized carbons (Fsp3) is 0.263. The SMILES string of the molecule is COC(=O)c1ccccc1NC(=O)CCc1cc(OC)c(OC)cc1Br. The number of benzene rings is 2. The number of methoxy groups -OCH3 is 3. The number of nitrogens with one attached hydrogen (secondary N) is 1. The molecule has 2 aromatic rings. The first kappa shape index (κ1) is 19.8.